The van der Waals surface area contributed by atoms with Crippen LogP contribution in [0.3, 0.4) is 0 Å². The van der Waals surface area contributed by atoms with Gasteiger partial charge in [-0.15, -0.1) is 5.01 Å². The maximum Gasteiger partial charge on any atom is 0.327 e. The second kappa shape index (κ2) is 19.1. The van der Waals surface area contributed by atoms with Crippen LogP contribution in [0.15, 0.2) is 64.2 Å². The molecule has 2 aromatic carbocycles. The Morgan fingerprint density at radius 2 is 1.41 bits per heavy atom. The number of carbonyl (C=O) groups is 2. The molecule has 0 atom stereocenters. The second-order valence-corrected chi connectivity index (χ2v) is 11.3. The van der Waals surface area contributed by atoms with Gasteiger partial charge in [0.15, 0.2) is 6.54 Å². The number of unbranched alkanes of at least 4 members (excludes halogenated alkanes) is 10. The summed E-state index contributed by atoms with van der Waals surface area (Å²) in [4.78, 5) is 33.9. The molecule has 0 saturated heterocycles. The zero-order valence-corrected chi connectivity index (χ0v) is 26.4. The zero-order valence-electron chi connectivity index (χ0n) is 26.4. The molecule has 0 fully saturated rings. The summed E-state index contributed by atoms with van der Waals surface area (Å²) < 4.78 is 0. The predicted octanol–water partition coefficient (Wildman–Crippen LogP) is 8.51. The minimum atomic E-state index is -1.19. The molecule has 1 heterocycles. The van der Waals surface area contributed by atoms with Crippen molar-refractivity contribution < 1.29 is 14.7 Å². The molecule has 1 amide bonds. The van der Waals surface area contributed by atoms with Crippen LogP contribution in [0, 0.1) is 6.57 Å². The molecule has 8 nitrogen and oxygen atoms in total. The van der Waals surface area contributed by atoms with Crippen LogP contribution in [0.4, 0.5) is 11.4 Å². The Bertz CT molecular complexity index is 1310. The molecule has 1 aliphatic heterocycles. The summed E-state index contributed by atoms with van der Waals surface area (Å²) >= 11 is 0. The number of aliphatic carboxylic acids is 1. The van der Waals surface area contributed by atoms with Crippen molar-refractivity contribution in [2.45, 2.75) is 90.9 Å². The number of carboxylic acid groups (broad SMARTS) is 1. The highest BCUT2D eigenvalue weighted by molar-refractivity contribution is 6.30. The lowest BCUT2D eigenvalue weighted by Gasteiger charge is -2.25. The molecule has 0 unspecified atom stereocenters. The van der Waals surface area contributed by atoms with E-state index in [0.29, 0.717) is 5.56 Å². The van der Waals surface area contributed by atoms with Gasteiger partial charge in [0.2, 0.25) is 0 Å². The van der Waals surface area contributed by atoms with Crippen molar-refractivity contribution >= 4 is 41.4 Å². The summed E-state index contributed by atoms with van der Waals surface area (Å²) in [6, 6.07) is 15.9. The number of rotatable bonds is 20. The Morgan fingerprint density at radius 3 is 1.95 bits per heavy atom. The van der Waals surface area contributed by atoms with Crippen LogP contribution < -0.4 is 4.90 Å². The average Bonchev–Trinajstić information content (AvgIpc) is 3.32. The molecule has 8 heteroatoms. The number of hydrogen-bond acceptors (Lipinski definition) is 5. The maximum atomic E-state index is 12.5. The Morgan fingerprint density at radius 1 is 0.864 bits per heavy atom. The van der Waals surface area contributed by atoms with Crippen LogP contribution in [-0.2, 0) is 9.59 Å². The monoisotopic (exact) mass is 597 g/mol. The van der Waals surface area contributed by atoms with Crippen LogP contribution in [-0.4, -0.2) is 53.7 Å². The predicted molar refractivity (Wildman–Crippen MR) is 180 cm³/mol. The van der Waals surface area contributed by atoms with Gasteiger partial charge in [0, 0.05) is 25.0 Å². The van der Waals surface area contributed by atoms with Crippen molar-refractivity contribution in [3.05, 3.63) is 76.6 Å². The summed E-state index contributed by atoms with van der Waals surface area (Å²) in [5.41, 5.74) is 3.83. The second-order valence-electron chi connectivity index (χ2n) is 11.3. The number of nitrogens with zero attached hydrogens (tertiary/aromatic N) is 5. The molecule has 234 valence electrons. The third-order valence-corrected chi connectivity index (χ3v) is 7.70. The number of carboxylic acids is 1. The van der Waals surface area contributed by atoms with Crippen LogP contribution in [0.1, 0.15) is 102 Å². The van der Waals surface area contributed by atoms with Gasteiger partial charge in [-0.1, -0.05) is 115 Å². The number of aliphatic imine (C=N–C) groups is 1. The molecule has 1 N–H and O–H groups in total. The van der Waals surface area contributed by atoms with Crippen molar-refractivity contribution in [3.63, 3.8) is 0 Å². The summed E-state index contributed by atoms with van der Waals surface area (Å²) in [6.45, 7) is 13.4. The molecule has 0 aliphatic carbocycles. The lowest BCUT2D eigenvalue weighted by Crippen LogP contribution is -2.28. The fourth-order valence-electron chi connectivity index (χ4n) is 5.17. The maximum absolute atomic E-state index is 12.5. The first-order chi connectivity index (χ1) is 21.4. The van der Waals surface area contributed by atoms with Crippen molar-refractivity contribution in [1.82, 2.24) is 5.01 Å². The minimum Gasteiger partial charge on any atom is -0.480 e. The standard InChI is InChI=1S/C36H47N5O3/c1-4-6-8-10-12-14-24-40(25-15-13-11-9-7-5-2)32-22-18-30(19-23-32)27-38-31-20-16-29(17-21-31)26-33-35(37-3)39-41(36(33)44)28-34(42)43/h16-23,26-27H,4-15,24-25,28H2,1-2H3,(H,42,43). The molecule has 2 aromatic rings. The first-order valence-electron chi connectivity index (χ1n) is 16.2. The number of hydrogen-bond donors (Lipinski definition) is 1. The highest BCUT2D eigenvalue weighted by Crippen LogP contribution is 2.22. The number of amidine groups is 1. The Labute approximate surface area is 263 Å². The van der Waals surface area contributed by atoms with Crippen LogP contribution in [0.5, 0.6) is 0 Å². The van der Waals surface area contributed by atoms with Crippen molar-refractivity contribution in [3.8, 4) is 0 Å². The van der Waals surface area contributed by atoms with Crippen molar-refractivity contribution in [1.29, 1.82) is 0 Å². The summed E-state index contributed by atoms with van der Waals surface area (Å²) in [7, 11) is 0. The number of hydrazone groups is 1. The number of anilines is 1. The lowest BCUT2D eigenvalue weighted by molar-refractivity contribution is -0.142. The molecule has 0 aromatic heterocycles. The minimum absolute atomic E-state index is 0.0830. The number of amides is 1. The number of benzene rings is 2. The van der Waals surface area contributed by atoms with Crippen LogP contribution in [0.2, 0.25) is 0 Å². The highest BCUT2D eigenvalue weighted by atomic mass is 16.4. The molecule has 44 heavy (non-hydrogen) atoms. The Kier molecular flexibility index (Phi) is 14.9. The van der Waals surface area contributed by atoms with Gasteiger partial charge in [0.05, 0.1) is 11.3 Å². The molecule has 3 rings (SSSR count). The van der Waals surface area contributed by atoms with E-state index < -0.39 is 18.4 Å². The van der Waals surface area contributed by atoms with Gasteiger partial charge in [-0.05, 0) is 53.3 Å². The van der Waals surface area contributed by atoms with Crippen LogP contribution >= 0.6 is 0 Å². The summed E-state index contributed by atoms with van der Waals surface area (Å²) in [6.07, 6.45) is 19.0. The van der Waals surface area contributed by atoms with E-state index in [9.17, 15) is 9.59 Å². The van der Waals surface area contributed by atoms with E-state index in [1.54, 1.807) is 18.2 Å². The van der Waals surface area contributed by atoms with E-state index in [-0.39, 0.29) is 11.4 Å². The first kappa shape index (κ1) is 34.2. The van der Waals surface area contributed by atoms with Gasteiger partial charge < -0.3 is 14.9 Å². The van der Waals surface area contributed by atoms with Crippen LogP contribution in [0.25, 0.3) is 10.9 Å². The molecule has 0 saturated carbocycles. The lowest BCUT2D eigenvalue weighted by atomic mass is 10.1. The molecule has 0 spiro atoms. The van der Waals surface area contributed by atoms with Gasteiger partial charge in [-0.3, -0.25) is 14.6 Å². The topological polar surface area (TPSA) is 89.9 Å². The third kappa shape index (κ3) is 11.4. The Balaban J connectivity index is 1.59. The van der Waals surface area contributed by atoms with Gasteiger partial charge in [-0.25, -0.2) is 0 Å². The first-order valence-corrected chi connectivity index (χ1v) is 16.2. The van der Waals surface area contributed by atoms with Gasteiger partial charge in [0.25, 0.3) is 5.91 Å². The van der Waals surface area contributed by atoms with E-state index in [2.05, 4.69) is 58.0 Å². The third-order valence-electron chi connectivity index (χ3n) is 7.70. The summed E-state index contributed by atoms with van der Waals surface area (Å²) in [5, 5.41) is 13.6. The Hall–Kier alpha value is -4.25. The van der Waals surface area contributed by atoms with Gasteiger partial charge >= 0.3 is 11.8 Å². The molecule has 1 aliphatic rings. The fraction of sp³-hybridized carbons (Fsp3) is 0.472. The van der Waals surface area contributed by atoms with Crippen molar-refractivity contribution in [2.75, 3.05) is 24.5 Å². The zero-order chi connectivity index (χ0) is 31.6. The highest BCUT2D eigenvalue weighted by Gasteiger charge is 2.34. The average molecular weight is 598 g/mol. The van der Waals surface area contributed by atoms with E-state index >= 15 is 0 Å². The molecule has 0 bridgehead atoms. The van der Waals surface area contributed by atoms with E-state index in [0.717, 1.165) is 29.3 Å². The number of carbonyl (C=O) groups excluding carboxylic acids is 1. The SMILES string of the molecule is [C-]#[N+]C1=NN(CC(=O)O)C(=O)C1=Cc1ccc(N=Cc2ccc(N(CCCCCCCC)CCCCCCCC)cc2)cc1. The van der Waals surface area contributed by atoms with Gasteiger partial charge in [0.1, 0.15) is 0 Å². The smallest absolute Gasteiger partial charge is 0.327 e. The van der Waals surface area contributed by atoms with E-state index in [1.807, 2.05) is 18.3 Å². The normalized spacial score (nSPS) is 13.9. The molecule has 0 radical (unpaired) electrons. The van der Waals surface area contributed by atoms with E-state index in [1.165, 1.54) is 82.7 Å². The molecular formula is C36H47N5O3. The fourth-order valence-corrected chi connectivity index (χ4v) is 5.17. The quantitative estimate of drug-likeness (QED) is 0.0717. The van der Waals surface area contributed by atoms with Gasteiger partial charge in [-0.2, -0.15) is 0 Å². The molecular weight excluding hydrogens is 550 g/mol. The summed E-state index contributed by atoms with van der Waals surface area (Å²) in [5.74, 6) is -1.90. The van der Waals surface area contributed by atoms with Crippen molar-refractivity contribution in [2.24, 2.45) is 10.1 Å². The largest absolute Gasteiger partial charge is 0.480 e. The van der Waals surface area contributed by atoms with E-state index in [4.69, 9.17) is 11.7 Å².